The maximum Gasteiger partial charge on any atom is 0.231 e. The molecular formula is C15H14BrNO2. The van der Waals surface area contributed by atoms with Crippen molar-refractivity contribution in [3.8, 4) is 11.5 Å². The topological polar surface area (TPSA) is 30.5 Å². The molecule has 2 aromatic rings. The Hall–Kier alpha value is -1.68. The van der Waals surface area contributed by atoms with Crippen molar-refractivity contribution in [2.75, 3.05) is 12.1 Å². The van der Waals surface area contributed by atoms with E-state index in [-0.39, 0.29) is 0 Å². The number of anilines is 1. The molecule has 2 aromatic carbocycles. The van der Waals surface area contributed by atoms with Gasteiger partial charge in [0, 0.05) is 16.7 Å². The van der Waals surface area contributed by atoms with Crippen molar-refractivity contribution in [2.24, 2.45) is 0 Å². The number of benzene rings is 2. The summed E-state index contributed by atoms with van der Waals surface area (Å²) in [5.74, 6) is 1.65. The number of hydrogen-bond donors (Lipinski definition) is 1. The van der Waals surface area contributed by atoms with E-state index in [4.69, 9.17) is 9.47 Å². The monoisotopic (exact) mass is 319 g/mol. The summed E-state index contributed by atoms with van der Waals surface area (Å²) in [5.41, 5.74) is 3.51. The van der Waals surface area contributed by atoms with Gasteiger partial charge in [0.1, 0.15) is 0 Å². The molecule has 0 bridgehead atoms. The molecule has 3 rings (SSSR count). The van der Waals surface area contributed by atoms with E-state index < -0.39 is 0 Å². The fourth-order valence-electron chi connectivity index (χ4n) is 2.05. The van der Waals surface area contributed by atoms with E-state index in [1.165, 1.54) is 11.1 Å². The number of ether oxygens (including phenoxy) is 2. The molecule has 0 saturated heterocycles. The Labute approximate surface area is 120 Å². The number of nitrogens with one attached hydrogen (secondary N) is 1. The Kier molecular flexibility index (Phi) is 3.34. The first-order valence-corrected chi connectivity index (χ1v) is 6.91. The van der Waals surface area contributed by atoms with Crippen LogP contribution < -0.4 is 14.8 Å². The van der Waals surface area contributed by atoms with Gasteiger partial charge in [0.15, 0.2) is 11.5 Å². The molecule has 0 radical (unpaired) electrons. The third kappa shape index (κ3) is 2.54. The first-order chi connectivity index (χ1) is 9.24. The second kappa shape index (κ2) is 5.13. The van der Waals surface area contributed by atoms with E-state index in [0.29, 0.717) is 6.79 Å². The summed E-state index contributed by atoms with van der Waals surface area (Å²) < 4.78 is 11.8. The summed E-state index contributed by atoms with van der Waals surface area (Å²) in [5, 5.41) is 3.43. The summed E-state index contributed by atoms with van der Waals surface area (Å²) >= 11 is 3.54. The molecule has 1 N–H and O–H groups in total. The largest absolute Gasteiger partial charge is 0.454 e. The molecule has 0 aromatic heterocycles. The van der Waals surface area contributed by atoms with Crippen molar-refractivity contribution >= 4 is 21.6 Å². The Morgan fingerprint density at radius 3 is 2.89 bits per heavy atom. The van der Waals surface area contributed by atoms with E-state index in [1.807, 2.05) is 30.3 Å². The molecule has 19 heavy (non-hydrogen) atoms. The minimum absolute atomic E-state index is 0.316. The third-order valence-electron chi connectivity index (χ3n) is 3.19. The van der Waals surface area contributed by atoms with Crippen LogP contribution in [0.1, 0.15) is 11.1 Å². The van der Waals surface area contributed by atoms with E-state index in [1.54, 1.807) is 0 Å². The van der Waals surface area contributed by atoms with Crippen LogP contribution in [-0.4, -0.2) is 6.79 Å². The molecule has 1 aliphatic rings. The van der Waals surface area contributed by atoms with Crippen LogP contribution in [-0.2, 0) is 6.54 Å². The summed E-state index contributed by atoms with van der Waals surface area (Å²) in [6, 6.07) is 12.2. The molecular weight excluding hydrogens is 306 g/mol. The Bertz CT molecular complexity index is 613. The van der Waals surface area contributed by atoms with Crippen molar-refractivity contribution in [3.05, 3.63) is 52.0 Å². The van der Waals surface area contributed by atoms with Gasteiger partial charge in [-0.1, -0.05) is 28.1 Å². The molecule has 1 heterocycles. The fourth-order valence-corrected chi connectivity index (χ4v) is 2.41. The van der Waals surface area contributed by atoms with Gasteiger partial charge in [-0.05, 0) is 42.3 Å². The average Bonchev–Trinajstić information content (AvgIpc) is 2.88. The molecule has 4 heteroatoms. The quantitative estimate of drug-likeness (QED) is 0.924. The van der Waals surface area contributed by atoms with Crippen molar-refractivity contribution in [2.45, 2.75) is 13.5 Å². The molecule has 0 amide bonds. The van der Waals surface area contributed by atoms with E-state index in [0.717, 1.165) is 28.2 Å². The van der Waals surface area contributed by atoms with Crippen molar-refractivity contribution < 1.29 is 9.47 Å². The highest BCUT2D eigenvalue weighted by molar-refractivity contribution is 9.10. The van der Waals surface area contributed by atoms with Gasteiger partial charge in [-0.25, -0.2) is 0 Å². The lowest BCUT2D eigenvalue weighted by molar-refractivity contribution is 0.174. The highest BCUT2D eigenvalue weighted by Crippen LogP contribution is 2.33. The van der Waals surface area contributed by atoms with Gasteiger partial charge in [0.05, 0.1) is 0 Å². The highest BCUT2D eigenvalue weighted by Gasteiger charge is 2.13. The van der Waals surface area contributed by atoms with Crippen molar-refractivity contribution in [1.82, 2.24) is 0 Å². The first-order valence-electron chi connectivity index (χ1n) is 6.11. The minimum atomic E-state index is 0.316. The third-order valence-corrected chi connectivity index (χ3v) is 4.05. The zero-order valence-electron chi connectivity index (χ0n) is 10.6. The average molecular weight is 320 g/mol. The summed E-state index contributed by atoms with van der Waals surface area (Å²) in [4.78, 5) is 0. The first kappa shape index (κ1) is 12.4. The van der Waals surface area contributed by atoms with Gasteiger partial charge in [0.25, 0.3) is 0 Å². The highest BCUT2D eigenvalue weighted by atomic mass is 79.9. The van der Waals surface area contributed by atoms with Crippen LogP contribution in [0.5, 0.6) is 11.5 Å². The molecule has 1 aliphatic heterocycles. The van der Waals surface area contributed by atoms with Gasteiger partial charge >= 0.3 is 0 Å². The van der Waals surface area contributed by atoms with E-state index in [2.05, 4.69) is 34.2 Å². The molecule has 0 aliphatic carbocycles. The lowest BCUT2D eigenvalue weighted by Crippen LogP contribution is -2.01. The zero-order valence-corrected chi connectivity index (χ0v) is 12.2. The Morgan fingerprint density at radius 2 is 2.00 bits per heavy atom. The second-order valence-electron chi connectivity index (χ2n) is 4.45. The molecule has 0 atom stereocenters. The van der Waals surface area contributed by atoms with Gasteiger partial charge in [-0.3, -0.25) is 0 Å². The predicted molar refractivity (Wildman–Crippen MR) is 78.8 cm³/mol. The molecule has 0 fully saturated rings. The number of hydrogen-bond acceptors (Lipinski definition) is 3. The number of halogens is 1. The van der Waals surface area contributed by atoms with Crippen LogP contribution in [0.25, 0.3) is 0 Å². The van der Waals surface area contributed by atoms with Gasteiger partial charge < -0.3 is 14.8 Å². The van der Waals surface area contributed by atoms with Crippen molar-refractivity contribution in [3.63, 3.8) is 0 Å². The summed E-state index contributed by atoms with van der Waals surface area (Å²) in [6.07, 6.45) is 0. The maximum atomic E-state index is 5.38. The zero-order chi connectivity index (χ0) is 13.2. The predicted octanol–water partition coefficient (Wildman–Crippen LogP) is 4.10. The SMILES string of the molecule is Cc1c(Br)cccc1NCc1ccc2c(c1)OCO2. The van der Waals surface area contributed by atoms with Crippen LogP contribution in [0.2, 0.25) is 0 Å². The molecule has 98 valence electrons. The van der Waals surface area contributed by atoms with Crippen LogP contribution in [0.15, 0.2) is 40.9 Å². The fraction of sp³-hybridized carbons (Fsp3) is 0.200. The van der Waals surface area contributed by atoms with E-state index >= 15 is 0 Å². The normalized spacial score (nSPS) is 12.5. The smallest absolute Gasteiger partial charge is 0.231 e. The van der Waals surface area contributed by atoms with Crippen LogP contribution >= 0.6 is 15.9 Å². The maximum absolute atomic E-state index is 5.38. The summed E-state index contributed by atoms with van der Waals surface area (Å²) in [7, 11) is 0. The molecule has 0 spiro atoms. The lowest BCUT2D eigenvalue weighted by Gasteiger charge is -2.11. The number of rotatable bonds is 3. The van der Waals surface area contributed by atoms with Gasteiger partial charge in [0.2, 0.25) is 6.79 Å². The Balaban J connectivity index is 1.74. The van der Waals surface area contributed by atoms with Crippen LogP contribution in [0, 0.1) is 6.92 Å². The van der Waals surface area contributed by atoms with Crippen LogP contribution in [0.4, 0.5) is 5.69 Å². The standard InChI is InChI=1S/C15H14BrNO2/c1-10-12(16)3-2-4-13(10)17-8-11-5-6-14-15(7-11)19-9-18-14/h2-7,17H,8-9H2,1H3. The Morgan fingerprint density at radius 1 is 1.16 bits per heavy atom. The minimum Gasteiger partial charge on any atom is -0.454 e. The molecule has 3 nitrogen and oxygen atoms in total. The number of fused-ring (bicyclic) bond motifs is 1. The van der Waals surface area contributed by atoms with Gasteiger partial charge in [-0.2, -0.15) is 0 Å². The van der Waals surface area contributed by atoms with Crippen LogP contribution in [0.3, 0.4) is 0 Å². The second-order valence-corrected chi connectivity index (χ2v) is 5.31. The lowest BCUT2D eigenvalue weighted by atomic mass is 10.1. The molecule has 0 saturated carbocycles. The van der Waals surface area contributed by atoms with Crippen molar-refractivity contribution in [1.29, 1.82) is 0 Å². The van der Waals surface area contributed by atoms with E-state index in [9.17, 15) is 0 Å². The summed E-state index contributed by atoms with van der Waals surface area (Å²) in [6.45, 7) is 3.16. The molecule has 0 unspecified atom stereocenters. The van der Waals surface area contributed by atoms with Gasteiger partial charge in [-0.15, -0.1) is 0 Å².